The Morgan fingerprint density at radius 2 is 1.89 bits per heavy atom. The van der Waals surface area contributed by atoms with Gasteiger partial charge in [0, 0.05) is 12.8 Å². The zero-order valence-corrected chi connectivity index (χ0v) is 15.1. The Hall–Kier alpha value is -3.35. The van der Waals surface area contributed by atoms with Gasteiger partial charge in [0.25, 0.3) is 0 Å². The molecular weight excluding hydrogens is 344 g/mol. The third-order valence-electron chi connectivity index (χ3n) is 4.10. The molecule has 2 aromatic carbocycles. The summed E-state index contributed by atoms with van der Waals surface area (Å²) in [6.45, 7) is 0. The number of benzene rings is 2. The largest absolute Gasteiger partial charge is 0.493 e. The van der Waals surface area contributed by atoms with Crippen LogP contribution in [0.25, 0.3) is 0 Å². The quantitative estimate of drug-likeness (QED) is 0.638. The minimum absolute atomic E-state index is 0.285. The molecule has 0 saturated heterocycles. The van der Waals surface area contributed by atoms with Gasteiger partial charge in [0.2, 0.25) is 0 Å². The Labute approximate surface area is 157 Å². The molecule has 3 aromatic rings. The van der Waals surface area contributed by atoms with E-state index in [1.807, 2.05) is 24.3 Å². The van der Waals surface area contributed by atoms with Crippen molar-refractivity contribution < 1.29 is 14.3 Å². The predicted molar refractivity (Wildman–Crippen MR) is 101 cm³/mol. The van der Waals surface area contributed by atoms with Crippen molar-refractivity contribution in [2.45, 2.75) is 25.7 Å². The van der Waals surface area contributed by atoms with E-state index in [9.17, 15) is 4.79 Å². The molecule has 3 rings (SSSR count). The van der Waals surface area contributed by atoms with Gasteiger partial charge in [-0.1, -0.05) is 36.4 Å². The minimum Gasteiger partial charge on any atom is -0.493 e. The fraction of sp³-hybridized carbons (Fsp3) is 0.250. The number of aryl methyl sites for hydroxylation is 2. The number of rotatable bonds is 8. The van der Waals surface area contributed by atoms with E-state index in [0.29, 0.717) is 12.2 Å². The molecule has 7 nitrogen and oxygen atoms in total. The first-order valence-electron chi connectivity index (χ1n) is 8.72. The summed E-state index contributed by atoms with van der Waals surface area (Å²) < 4.78 is 10.2. The lowest BCUT2D eigenvalue weighted by atomic mass is 10.1. The van der Waals surface area contributed by atoms with Crippen LogP contribution in [-0.4, -0.2) is 28.4 Å². The highest BCUT2D eigenvalue weighted by Crippen LogP contribution is 2.28. The van der Waals surface area contributed by atoms with Crippen molar-refractivity contribution in [1.29, 1.82) is 0 Å². The molecule has 0 saturated carbocycles. The molecule has 1 aromatic heterocycles. The van der Waals surface area contributed by atoms with Crippen LogP contribution in [0.2, 0.25) is 0 Å². The first-order chi connectivity index (χ1) is 13.1. The molecule has 7 heteroatoms. The number of carbonyl (C=O) groups is 1. The number of nitrogens with one attached hydrogen (secondary N) is 1. The molecule has 0 aliphatic heterocycles. The van der Waals surface area contributed by atoms with E-state index in [-0.39, 0.29) is 5.75 Å². The van der Waals surface area contributed by atoms with Gasteiger partial charge in [-0.2, -0.15) is 5.10 Å². The number of nitrogens with zero attached hydrogens (tertiary/aromatic N) is 2. The average Bonchev–Trinajstić information content (AvgIpc) is 3.10. The van der Waals surface area contributed by atoms with Crippen molar-refractivity contribution >= 4 is 6.09 Å². The molecule has 0 atom stereocenters. The van der Waals surface area contributed by atoms with Crippen molar-refractivity contribution in [3.05, 3.63) is 71.3 Å². The smallest absolute Gasteiger partial charge is 0.410 e. The maximum absolute atomic E-state index is 10.9. The fourth-order valence-corrected chi connectivity index (χ4v) is 2.83. The predicted octanol–water partition coefficient (Wildman–Crippen LogP) is 3.04. The number of methoxy groups -OCH3 is 1. The van der Waals surface area contributed by atoms with Crippen molar-refractivity contribution in [3.8, 4) is 11.5 Å². The highest BCUT2D eigenvalue weighted by molar-refractivity contribution is 5.69. The van der Waals surface area contributed by atoms with E-state index in [0.717, 1.165) is 36.5 Å². The molecule has 0 aliphatic carbocycles. The average molecular weight is 366 g/mol. The minimum atomic E-state index is -0.878. The first kappa shape index (κ1) is 18.4. The van der Waals surface area contributed by atoms with E-state index >= 15 is 0 Å². The van der Waals surface area contributed by atoms with E-state index in [1.54, 1.807) is 12.1 Å². The van der Waals surface area contributed by atoms with E-state index in [4.69, 9.17) is 15.2 Å². The molecule has 27 heavy (non-hydrogen) atoms. The Balaban J connectivity index is 1.57. The van der Waals surface area contributed by atoms with Crippen LogP contribution in [0.5, 0.6) is 11.5 Å². The number of carbonyl (C=O) groups excluding carboxylic acids is 1. The van der Waals surface area contributed by atoms with Crippen molar-refractivity contribution in [2.75, 3.05) is 7.11 Å². The van der Waals surface area contributed by atoms with E-state index < -0.39 is 6.09 Å². The molecule has 0 fully saturated rings. The monoisotopic (exact) mass is 366 g/mol. The normalized spacial score (nSPS) is 10.6. The standard InChI is InChI=1S/C20H22N4O3/c1-26-17-12-15(10-11-16(17)27-20(21)25)13-19-22-18(23-24-19)9-5-8-14-6-3-2-4-7-14/h2-4,6-7,10-12H,5,8-9,13H2,1H3,(H2,21,25)(H,22,23,24). The zero-order valence-electron chi connectivity index (χ0n) is 15.1. The van der Waals surface area contributed by atoms with Crippen LogP contribution in [0.15, 0.2) is 48.5 Å². The van der Waals surface area contributed by atoms with Gasteiger partial charge in [-0.3, -0.25) is 5.10 Å². The van der Waals surface area contributed by atoms with Crippen LogP contribution in [0.1, 0.15) is 29.2 Å². The summed E-state index contributed by atoms with van der Waals surface area (Å²) in [6.07, 6.45) is 2.51. The summed E-state index contributed by atoms with van der Waals surface area (Å²) in [7, 11) is 1.51. The second-order valence-electron chi connectivity index (χ2n) is 6.12. The second-order valence-corrected chi connectivity index (χ2v) is 6.12. The summed E-state index contributed by atoms with van der Waals surface area (Å²) in [5, 5.41) is 7.27. The topological polar surface area (TPSA) is 103 Å². The second kappa shape index (κ2) is 8.84. The lowest BCUT2D eigenvalue weighted by Gasteiger charge is -2.09. The first-order valence-corrected chi connectivity index (χ1v) is 8.72. The summed E-state index contributed by atoms with van der Waals surface area (Å²) in [6, 6.07) is 15.6. The van der Waals surface area contributed by atoms with Crippen LogP contribution < -0.4 is 15.2 Å². The number of H-pyrrole nitrogens is 1. The van der Waals surface area contributed by atoms with Crippen molar-refractivity contribution in [1.82, 2.24) is 15.2 Å². The molecule has 0 radical (unpaired) electrons. The van der Waals surface area contributed by atoms with Gasteiger partial charge in [-0.15, -0.1) is 0 Å². The molecule has 3 N–H and O–H groups in total. The van der Waals surface area contributed by atoms with Gasteiger partial charge in [0.05, 0.1) is 7.11 Å². The molecule has 140 valence electrons. The molecule has 0 spiro atoms. The number of ether oxygens (including phenoxy) is 2. The van der Waals surface area contributed by atoms with Crippen LogP contribution in [0.4, 0.5) is 4.79 Å². The van der Waals surface area contributed by atoms with Gasteiger partial charge in [0.1, 0.15) is 5.82 Å². The summed E-state index contributed by atoms with van der Waals surface area (Å²) >= 11 is 0. The molecule has 0 bridgehead atoms. The van der Waals surface area contributed by atoms with Crippen molar-refractivity contribution in [3.63, 3.8) is 0 Å². The number of primary amides is 1. The highest BCUT2D eigenvalue weighted by Gasteiger charge is 2.10. The van der Waals surface area contributed by atoms with Crippen LogP contribution in [0, 0.1) is 0 Å². The third kappa shape index (κ3) is 5.31. The number of hydrogen-bond acceptors (Lipinski definition) is 5. The van der Waals surface area contributed by atoms with E-state index in [1.165, 1.54) is 12.7 Å². The molecule has 0 aliphatic rings. The maximum atomic E-state index is 10.9. The molecule has 1 heterocycles. The number of aromatic nitrogens is 3. The maximum Gasteiger partial charge on any atom is 0.410 e. The highest BCUT2D eigenvalue weighted by atomic mass is 16.6. The molecule has 0 unspecified atom stereocenters. The Morgan fingerprint density at radius 3 is 2.63 bits per heavy atom. The number of amides is 1. The summed E-state index contributed by atoms with van der Waals surface area (Å²) in [5.41, 5.74) is 7.32. The van der Waals surface area contributed by atoms with Crippen molar-refractivity contribution in [2.24, 2.45) is 5.73 Å². The van der Waals surface area contributed by atoms with Crippen LogP contribution in [0.3, 0.4) is 0 Å². The number of hydrogen-bond donors (Lipinski definition) is 2. The van der Waals surface area contributed by atoms with E-state index in [2.05, 4.69) is 27.3 Å². The Morgan fingerprint density at radius 1 is 1.07 bits per heavy atom. The van der Waals surface area contributed by atoms with Gasteiger partial charge >= 0.3 is 6.09 Å². The lowest BCUT2D eigenvalue weighted by Crippen LogP contribution is -2.16. The molecule has 1 amide bonds. The van der Waals surface area contributed by atoms with Gasteiger partial charge in [-0.05, 0) is 36.1 Å². The van der Waals surface area contributed by atoms with Crippen LogP contribution in [-0.2, 0) is 19.3 Å². The summed E-state index contributed by atoms with van der Waals surface area (Å²) in [4.78, 5) is 15.5. The van der Waals surface area contributed by atoms with Gasteiger partial charge in [0.15, 0.2) is 17.3 Å². The van der Waals surface area contributed by atoms with Crippen LogP contribution >= 0.6 is 0 Å². The number of aromatic amines is 1. The summed E-state index contributed by atoms with van der Waals surface area (Å²) in [5.74, 6) is 2.30. The fourth-order valence-electron chi connectivity index (χ4n) is 2.83. The van der Waals surface area contributed by atoms with Gasteiger partial charge in [-0.25, -0.2) is 9.78 Å². The number of nitrogens with two attached hydrogens (primary N) is 1. The SMILES string of the molecule is COc1cc(Cc2nc(CCCc3ccccc3)n[nH]2)ccc1OC(N)=O. The Bertz CT molecular complexity index is 893. The zero-order chi connectivity index (χ0) is 19.1. The molecular formula is C20H22N4O3. The lowest BCUT2D eigenvalue weighted by molar-refractivity contribution is 0.208. The Kier molecular flexibility index (Phi) is 6.04. The third-order valence-corrected chi connectivity index (χ3v) is 4.10. The van der Waals surface area contributed by atoms with Gasteiger partial charge < -0.3 is 15.2 Å².